The molecule has 4 rings (SSSR count). The van der Waals surface area contributed by atoms with Crippen LogP contribution in [0.5, 0.6) is 5.75 Å². The molecule has 0 fully saturated rings. The molecule has 0 spiro atoms. The summed E-state index contributed by atoms with van der Waals surface area (Å²) >= 11 is 0. The Balaban J connectivity index is 1.95. The van der Waals surface area contributed by atoms with Crippen LogP contribution in [0.1, 0.15) is 13.3 Å². The molecule has 0 bridgehead atoms. The summed E-state index contributed by atoms with van der Waals surface area (Å²) in [6, 6.07) is 11.1. The highest BCUT2D eigenvalue weighted by atomic mass is 19.2. The Hall–Kier alpha value is -3.61. The first-order valence-corrected chi connectivity index (χ1v) is 9.60. The van der Waals surface area contributed by atoms with E-state index < -0.39 is 11.6 Å². The van der Waals surface area contributed by atoms with Gasteiger partial charge in [0.15, 0.2) is 17.5 Å². The molecular weight excluding hydrogens is 386 g/mol. The van der Waals surface area contributed by atoms with Crippen LogP contribution in [0.25, 0.3) is 33.4 Å². The molecule has 2 aromatic heterocycles. The van der Waals surface area contributed by atoms with Gasteiger partial charge >= 0.3 is 0 Å². The van der Waals surface area contributed by atoms with Crippen LogP contribution >= 0.6 is 0 Å². The van der Waals surface area contributed by atoms with Gasteiger partial charge in [0.1, 0.15) is 17.1 Å². The minimum atomic E-state index is -0.904. The molecule has 0 aliphatic heterocycles. The number of pyridine rings is 1. The first-order valence-electron chi connectivity index (χ1n) is 9.60. The second-order valence-electron chi connectivity index (χ2n) is 6.77. The van der Waals surface area contributed by atoms with E-state index in [1.807, 2.05) is 18.2 Å². The maximum atomic E-state index is 13.8. The van der Waals surface area contributed by atoms with E-state index in [4.69, 9.17) is 14.7 Å². The molecule has 0 aliphatic rings. The Bertz CT molecular complexity index is 1200. The smallest absolute Gasteiger partial charge is 0.163 e. The van der Waals surface area contributed by atoms with Crippen molar-refractivity contribution >= 4 is 16.7 Å². The Morgan fingerprint density at radius 1 is 0.967 bits per heavy atom. The van der Waals surface area contributed by atoms with Gasteiger partial charge in [0, 0.05) is 29.9 Å². The Morgan fingerprint density at radius 3 is 2.53 bits per heavy atom. The molecule has 7 heteroatoms. The summed E-state index contributed by atoms with van der Waals surface area (Å²) in [6.45, 7) is 2.78. The summed E-state index contributed by atoms with van der Waals surface area (Å²) in [6.07, 6.45) is 4.30. The van der Waals surface area contributed by atoms with Crippen molar-refractivity contribution in [2.24, 2.45) is 0 Å². The zero-order chi connectivity index (χ0) is 21.1. The van der Waals surface area contributed by atoms with E-state index in [2.05, 4.69) is 17.2 Å². The first-order chi connectivity index (χ1) is 14.6. The largest absolute Gasteiger partial charge is 0.494 e. The number of ether oxygens (including phenoxy) is 1. The van der Waals surface area contributed by atoms with Crippen LogP contribution in [0.4, 0.5) is 14.6 Å². The molecule has 0 aliphatic carbocycles. The molecule has 1 N–H and O–H groups in total. The Morgan fingerprint density at radius 2 is 1.83 bits per heavy atom. The van der Waals surface area contributed by atoms with Crippen LogP contribution in [0, 0.1) is 11.6 Å². The number of hydrogen-bond donors (Lipinski definition) is 1. The molecule has 0 atom stereocenters. The van der Waals surface area contributed by atoms with Gasteiger partial charge in [0.25, 0.3) is 0 Å². The van der Waals surface area contributed by atoms with Crippen molar-refractivity contribution in [3.8, 4) is 28.3 Å². The number of halogens is 2. The van der Waals surface area contributed by atoms with E-state index in [0.717, 1.165) is 30.0 Å². The predicted molar refractivity (Wildman–Crippen MR) is 113 cm³/mol. The summed E-state index contributed by atoms with van der Waals surface area (Å²) in [4.78, 5) is 13.5. The SMILES string of the molecule is CCCNc1nc(-c2cccnc2)nc2c(OC)cc(-c3ccc(F)c(F)c3)cc12. The van der Waals surface area contributed by atoms with E-state index in [1.54, 1.807) is 25.6 Å². The standard InChI is InChI=1S/C23H20F2N4O/c1-3-8-27-23-17-10-16(14-6-7-18(24)19(25)11-14)12-20(30-2)21(17)28-22(29-23)15-5-4-9-26-13-15/h4-7,9-13H,3,8H2,1-2H3,(H,27,28,29). The number of methoxy groups -OCH3 is 1. The number of nitrogens with one attached hydrogen (secondary N) is 1. The molecule has 0 unspecified atom stereocenters. The first kappa shape index (κ1) is 19.7. The fourth-order valence-corrected chi connectivity index (χ4v) is 3.20. The van der Waals surface area contributed by atoms with Crippen molar-refractivity contribution in [3.63, 3.8) is 0 Å². The second-order valence-corrected chi connectivity index (χ2v) is 6.77. The van der Waals surface area contributed by atoms with E-state index >= 15 is 0 Å². The zero-order valence-corrected chi connectivity index (χ0v) is 16.6. The highest BCUT2D eigenvalue weighted by molar-refractivity contribution is 5.97. The van der Waals surface area contributed by atoms with E-state index in [1.165, 1.54) is 12.1 Å². The monoisotopic (exact) mass is 406 g/mol. The lowest BCUT2D eigenvalue weighted by Crippen LogP contribution is -2.05. The van der Waals surface area contributed by atoms with Crippen molar-refractivity contribution < 1.29 is 13.5 Å². The molecule has 2 heterocycles. The van der Waals surface area contributed by atoms with Crippen molar-refractivity contribution in [3.05, 3.63) is 66.5 Å². The third-order valence-electron chi connectivity index (χ3n) is 4.70. The van der Waals surface area contributed by atoms with Crippen molar-refractivity contribution in [2.45, 2.75) is 13.3 Å². The van der Waals surface area contributed by atoms with Crippen LogP contribution in [-0.4, -0.2) is 28.6 Å². The molecule has 4 aromatic rings. The lowest BCUT2D eigenvalue weighted by atomic mass is 10.0. The lowest BCUT2D eigenvalue weighted by Gasteiger charge is -2.14. The van der Waals surface area contributed by atoms with Crippen molar-refractivity contribution in [1.29, 1.82) is 0 Å². The van der Waals surface area contributed by atoms with Gasteiger partial charge in [-0.1, -0.05) is 13.0 Å². The summed E-state index contributed by atoms with van der Waals surface area (Å²) in [5.74, 6) is -0.115. The van der Waals surface area contributed by atoms with Crippen LogP contribution < -0.4 is 10.1 Å². The third kappa shape index (κ3) is 3.78. The van der Waals surface area contributed by atoms with Crippen LogP contribution in [-0.2, 0) is 0 Å². The van der Waals surface area contributed by atoms with Gasteiger partial charge < -0.3 is 10.1 Å². The molecular formula is C23H20F2N4O. The number of fused-ring (bicyclic) bond motifs is 1. The van der Waals surface area contributed by atoms with E-state index in [9.17, 15) is 8.78 Å². The van der Waals surface area contributed by atoms with Crippen molar-refractivity contribution in [2.75, 3.05) is 19.0 Å². The average molecular weight is 406 g/mol. The topological polar surface area (TPSA) is 59.9 Å². The second kappa shape index (κ2) is 8.41. The molecule has 0 amide bonds. The highest BCUT2D eigenvalue weighted by Gasteiger charge is 2.16. The molecule has 2 aromatic carbocycles. The van der Waals surface area contributed by atoms with E-state index in [-0.39, 0.29) is 0 Å². The maximum Gasteiger partial charge on any atom is 0.163 e. The van der Waals surface area contributed by atoms with Gasteiger partial charge in [-0.2, -0.15) is 0 Å². The Labute approximate surface area is 172 Å². The van der Waals surface area contributed by atoms with Crippen LogP contribution in [0.15, 0.2) is 54.9 Å². The van der Waals surface area contributed by atoms with Gasteiger partial charge in [-0.15, -0.1) is 0 Å². The van der Waals surface area contributed by atoms with Gasteiger partial charge in [-0.3, -0.25) is 4.98 Å². The maximum absolute atomic E-state index is 13.8. The number of hydrogen-bond acceptors (Lipinski definition) is 5. The minimum Gasteiger partial charge on any atom is -0.494 e. The van der Waals surface area contributed by atoms with Gasteiger partial charge in [-0.05, 0) is 53.9 Å². The summed E-state index contributed by atoms with van der Waals surface area (Å²) in [5.41, 5.74) is 2.62. The zero-order valence-electron chi connectivity index (χ0n) is 16.6. The predicted octanol–water partition coefficient (Wildman–Crippen LogP) is 5.47. The van der Waals surface area contributed by atoms with Gasteiger partial charge in [-0.25, -0.2) is 18.7 Å². The lowest BCUT2D eigenvalue weighted by molar-refractivity contribution is 0.419. The molecule has 0 saturated heterocycles. The molecule has 30 heavy (non-hydrogen) atoms. The number of rotatable bonds is 6. The Kier molecular flexibility index (Phi) is 5.52. The number of anilines is 1. The van der Waals surface area contributed by atoms with E-state index in [0.29, 0.717) is 34.0 Å². The average Bonchev–Trinajstić information content (AvgIpc) is 2.79. The normalized spacial score (nSPS) is 10.9. The number of nitrogens with zero attached hydrogens (tertiary/aromatic N) is 3. The third-order valence-corrected chi connectivity index (χ3v) is 4.70. The van der Waals surface area contributed by atoms with Crippen molar-refractivity contribution in [1.82, 2.24) is 15.0 Å². The highest BCUT2D eigenvalue weighted by Crippen LogP contribution is 2.36. The van der Waals surface area contributed by atoms with Gasteiger partial charge in [0.2, 0.25) is 0 Å². The molecule has 0 radical (unpaired) electrons. The molecule has 5 nitrogen and oxygen atoms in total. The van der Waals surface area contributed by atoms with Crippen LogP contribution in [0.2, 0.25) is 0 Å². The summed E-state index contributed by atoms with van der Waals surface area (Å²) in [5, 5.41) is 4.07. The molecule has 152 valence electrons. The summed E-state index contributed by atoms with van der Waals surface area (Å²) < 4.78 is 32.8. The summed E-state index contributed by atoms with van der Waals surface area (Å²) in [7, 11) is 1.55. The fourth-order valence-electron chi connectivity index (χ4n) is 3.20. The quantitative estimate of drug-likeness (QED) is 0.460. The molecule has 0 saturated carbocycles. The van der Waals surface area contributed by atoms with Gasteiger partial charge in [0.05, 0.1) is 7.11 Å². The number of benzene rings is 2. The number of aromatic nitrogens is 3. The van der Waals surface area contributed by atoms with Crippen LogP contribution in [0.3, 0.4) is 0 Å². The fraction of sp³-hybridized carbons (Fsp3) is 0.174. The minimum absolute atomic E-state index is 0.513.